The molecule has 0 amide bonds. The lowest BCUT2D eigenvalue weighted by atomic mass is 9.98. The SMILES string of the molecule is c1ccc(-c2nc(-c3cccc(-c4cccc5c4sc4ccc(-c6cccc(-c7nc8ccccc8o7)c6)cc45)c3)nc(-c3cccc4oc5ccccc5c34)n2)cc1. The number of rotatable bonds is 6. The third-order valence-electron chi connectivity index (χ3n) is 11.0. The van der Waals surface area contributed by atoms with Crippen LogP contribution in [0, 0.1) is 0 Å². The Morgan fingerprint density at radius 2 is 0.983 bits per heavy atom. The second kappa shape index (κ2) is 13.4. The van der Waals surface area contributed by atoms with E-state index in [0.717, 1.165) is 77.5 Å². The minimum Gasteiger partial charge on any atom is -0.456 e. The molecule has 0 aliphatic carbocycles. The van der Waals surface area contributed by atoms with Gasteiger partial charge in [0.1, 0.15) is 16.7 Å². The van der Waals surface area contributed by atoms with Crippen molar-refractivity contribution in [3.8, 4) is 67.9 Å². The van der Waals surface area contributed by atoms with Crippen molar-refractivity contribution < 1.29 is 8.83 Å². The lowest BCUT2D eigenvalue weighted by Gasteiger charge is -2.10. The van der Waals surface area contributed by atoms with Crippen LogP contribution in [0.15, 0.2) is 191 Å². The number of hydrogen-bond acceptors (Lipinski definition) is 7. The summed E-state index contributed by atoms with van der Waals surface area (Å²) in [4.78, 5) is 20.1. The van der Waals surface area contributed by atoms with Crippen LogP contribution in [0.2, 0.25) is 0 Å². The molecule has 0 spiro atoms. The largest absolute Gasteiger partial charge is 0.456 e. The monoisotopic (exact) mass is 774 g/mol. The Morgan fingerprint density at radius 3 is 1.88 bits per heavy atom. The Labute approximate surface area is 341 Å². The van der Waals surface area contributed by atoms with Crippen molar-refractivity contribution >= 4 is 64.5 Å². The first-order valence-electron chi connectivity index (χ1n) is 19.4. The molecule has 4 heterocycles. The average Bonchev–Trinajstić information content (AvgIpc) is 4.03. The Morgan fingerprint density at radius 1 is 0.356 bits per heavy atom. The van der Waals surface area contributed by atoms with Crippen LogP contribution in [-0.2, 0) is 0 Å². The van der Waals surface area contributed by atoms with E-state index in [1.165, 1.54) is 20.2 Å². The highest BCUT2D eigenvalue weighted by molar-refractivity contribution is 7.26. The Bertz CT molecular complexity index is 3550. The fraction of sp³-hybridized carbons (Fsp3) is 0. The molecule has 0 saturated heterocycles. The second-order valence-electron chi connectivity index (χ2n) is 14.6. The van der Waals surface area contributed by atoms with Gasteiger partial charge in [-0.1, -0.05) is 127 Å². The highest BCUT2D eigenvalue weighted by Crippen LogP contribution is 2.43. The van der Waals surface area contributed by atoms with Gasteiger partial charge in [0.15, 0.2) is 23.1 Å². The van der Waals surface area contributed by atoms with Gasteiger partial charge in [0.05, 0.1) is 0 Å². The molecule has 0 aliphatic heterocycles. The summed E-state index contributed by atoms with van der Waals surface area (Å²) >= 11 is 1.82. The molecule has 0 bridgehead atoms. The highest BCUT2D eigenvalue weighted by atomic mass is 32.1. The van der Waals surface area contributed by atoms with E-state index < -0.39 is 0 Å². The van der Waals surface area contributed by atoms with Crippen molar-refractivity contribution in [3.63, 3.8) is 0 Å². The van der Waals surface area contributed by atoms with E-state index in [9.17, 15) is 0 Å². The number of para-hydroxylation sites is 3. The molecule has 276 valence electrons. The normalized spacial score (nSPS) is 11.7. The zero-order valence-electron chi connectivity index (χ0n) is 31.3. The van der Waals surface area contributed by atoms with Gasteiger partial charge < -0.3 is 8.83 Å². The summed E-state index contributed by atoms with van der Waals surface area (Å²) in [7, 11) is 0. The van der Waals surface area contributed by atoms with Crippen LogP contribution in [0.4, 0.5) is 0 Å². The zero-order chi connectivity index (χ0) is 38.9. The van der Waals surface area contributed by atoms with Gasteiger partial charge in [-0.25, -0.2) is 19.9 Å². The third kappa shape index (κ3) is 5.70. The van der Waals surface area contributed by atoms with Crippen LogP contribution in [-0.4, -0.2) is 19.9 Å². The van der Waals surface area contributed by atoms with Crippen LogP contribution in [0.25, 0.3) is 121 Å². The maximum atomic E-state index is 6.25. The van der Waals surface area contributed by atoms with Crippen LogP contribution in [0.1, 0.15) is 0 Å². The standard InChI is InChI=1S/C52H30N4O2S/c1-2-12-31(13-3-1)49-54-50(56-51(55-49)40-21-11-25-45-47(40)39-18-4-6-23-43(39)57-45)35-16-9-15-34(29-35)37-19-10-20-38-41-30-33(26-27-46(41)59-48(37)38)32-14-8-17-36(28-32)52-53-42-22-5-7-24-44(42)58-52/h1-30H. The summed E-state index contributed by atoms with van der Waals surface area (Å²) in [5.74, 6) is 2.44. The molecule has 59 heavy (non-hydrogen) atoms. The first-order valence-corrected chi connectivity index (χ1v) is 20.3. The van der Waals surface area contributed by atoms with E-state index in [0.29, 0.717) is 23.4 Å². The molecule has 0 saturated carbocycles. The predicted octanol–water partition coefficient (Wildman–Crippen LogP) is 14.3. The van der Waals surface area contributed by atoms with Gasteiger partial charge >= 0.3 is 0 Å². The summed E-state index contributed by atoms with van der Waals surface area (Å²) in [6.07, 6.45) is 0. The molecule has 12 aromatic rings. The Balaban J connectivity index is 0.957. The van der Waals surface area contributed by atoms with E-state index in [1.807, 2.05) is 96.3 Å². The molecule has 6 nitrogen and oxygen atoms in total. The molecule has 8 aromatic carbocycles. The van der Waals surface area contributed by atoms with Gasteiger partial charge in [0.25, 0.3) is 0 Å². The second-order valence-corrected chi connectivity index (χ2v) is 15.6. The lowest BCUT2D eigenvalue weighted by Crippen LogP contribution is -2.00. The summed E-state index contributed by atoms with van der Waals surface area (Å²) in [6, 6.07) is 62.4. The van der Waals surface area contributed by atoms with E-state index in [4.69, 9.17) is 28.8 Å². The molecule has 12 rings (SSSR count). The predicted molar refractivity (Wildman–Crippen MR) is 240 cm³/mol. The van der Waals surface area contributed by atoms with Crippen LogP contribution < -0.4 is 0 Å². The van der Waals surface area contributed by atoms with Crippen molar-refractivity contribution in [2.45, 2.75) is 0 Å². The van der Waals surface area contributed by atoms with Crippen LogP contribution in [0.3, 0.4) is 0 Å². The van der Waals surface area contributed by atoms with E-state index in [1.54, 1.807) is 0 Å². The summed E-state index contributed by atoms with van der Waals surface area (Å²) in [6.45, 7) is 0. The van der Waals surface area contributed by atoms with Crippen molar-refractivity contribution in [2.24, 2.45) is 0 Å². The minimum atomic E-state index is 0.596. The molecule has 0 aliphatic rings. The number of oxazole rings is 1. The topological polar surface area (TPSA) is 77.8 Å². The highest BCUT2D eigenvalue weighted by Gasteiger charge is 2.19. The van der Waals surface area contributed by atoms with Gasteiger partial charge in [-0.15, -0.1) is 11.3 Å². The van der Waals surface area contributed by atoms with Crippen LogP contribution in [0.5, 0.6) is 0 Å². The molecule has 0 N–H and O–H groups in total. The molecule has 0 radical (unpaired) electrons. The van der Waals surface area contributed by atoms with Crippen molar-refractivity contribution in [1.29, 1.82) is 0 Å². The molecule has 0 unspecified atom stereocenters. The van der Waals surface area contributed by atoms with Crippen molar-refractivity contribution in [3.05, 3.63) is 182 Å². The summed E-state index contributed by atoms with van der Waals surface area (Å²) in [5.41, 5.74) is 11.5. The molecular weight excluding hydrogens is 745 g/mol. The van der Waals surface area contributed by atoms with Gasteiger partial charge in [-0.3, -0.25) is 0 Å². The molecular formula is C52H30N4O2S. The smallest absolute Gasteiger partial charge is 0.227 e. The Hall–Kier alpha value is -7.74. The number of aromatic nitrogens is 4. The van der Waals surface area contributed by atoms with E-state index in [-0.39, 0.29) is 0 Å². The first-order chi connectivity index (χ1) is 29.2. The summed E-state index contributed by atoms with van der Waals surface area (Å²) in [5, 5.41) is 4.46. The number of nitrogens with zero attached hydrogens (tertiary/aromatic N) is 4. The van der Waals surface area contributed by atoms with Crippen molar-refractivity contribution in [1.82, 2.24) is 19.9 Å². The fourth-order valence-corrected chi connectivity index (χ4v) is 9.38. The van der Waals surface area contributed by atoms with Gasteiger partial charge in [0, 0.05) is 53.2 Å². The maximum Gasteiger partial charge on any atom is 0.227 e. The third-order valence-corrected chi connectivity index (χ3v) is 12.2. The van der Waals surface area contributed by atoms with E-state index >= 15 is 0 Å². The number of hydrogen-bond donors (Lipinski definition) is 0. The first kappa shape index (κ1) is 33.4. The van der Waals surface area contributed by atoms with Crippen LogP contribution >= 0.6 is 11.3 Å². The van der Waals surface area contributed by atoms with E-state index in [2.05, 4.69) is 97.1 Å². The molecule has 0 atom stereocenters. The number of benzene rings is 8. The molecule has 7 heteroatoms. The Kier molecular flexibility index (Phi) is 7.61. The fourth-order valence-electron chi connectivity index (χ4n) is 8.16. The lowest BCUT2D eigenvalue weighted by molar-refractivity contribution is 0.620. The number of furan rings is 1. The van der Waals surface area contributed by atoms with Gasteiger partial charge in [-0.05, 0) is 76.9 Å². The quantitative estimate of drug-likeness (QED) is 0.167. The minimum absolute atomic E-state index is 0.596. The number of fused-ring (bicyclic) bond motifs is 7. The average molecular weight is 775 g/mol. The molecule has 4 aromatic heterocycles. The van der Waals surface area contributed by atoms with Gasteiger partial charge in [-0.2, -0.15) is 0 Å². The molecule has 0 fully saturated rings. The summed E-state index contributed by atoms with van der Waals surface area (Å²) < 4.78 is 14.8. The maximum absolute atomic E-state index is 6.25. The number of thiophene rings is 1. The van der Waals surface area contributed by atoms with Crippen molar-refractivity contribution in [2.75, 3.05) is 0 Å². The zero-order valence-corrected chi connectivity index (χ0v) is 32.2. The van der Waals surface area contributed by atoms with Gasteiger partial charge in [0.2, 0.25) is 5.89 Å².